The first-order valence-electron chi connectivity index (χ1n) is 13.9. The molecular weight excluding hydrogens is 494 g/mol. The van der Waals surface area contributed by atoms with Crippen molar-refractivity contribution in [1.82, 2.24) is 29.7 Å². The number of nitrogens with one attached hydrogen (secondary N) is 3. The Labute approximate surface area is 228 Å². The van der Waals surface area contributed by atoms with Crippen molar-refractivity contribution in [3.05, 3.63) is 30.7 Å². The molecule has 2 fully saturated rings. The molecule has 4 heterocycles. The van der Waals surface area contributed by atoms with Gasteiger partial charge in [0.25, 0.3) is 0 Å². The van der Waals surface area contributed by atoms with Crippen molar-refractivity contribution in [3.63, 3.8) is 0 Å². The molecule has 39 heavy (non-hydrogen) atoms. The minimum atomic E-state index is 0.313. The van der Waals surface area contributed by atoms with Gasteiger partial charge in [-0.15, -0.1) is 0 Å². The maximum absolute atomic E-state index is 5.75. The first-order chi connectivity index (χ1) is 19.1. The summed E-state index contributed by atoms with van der Waals surface area (Å²) in [6, 6.07) is 6.83. The van der Waals surface area contributed by atoms with Gasteiger partial charge < -0.3 is 29.6 Å². The van der Waals surface area contributed by atoms with E-state index in [9.17, 15) is 0 Å². The number of anilines is 4. The lowest BCUT2D eigenvalue weighted by molar-refractivity contribution is 0.122. The molecule has 11 heteroatoms. The van der Waals surface area contributed by atoms with E-state index in [1.54, 1.807) is 7.11 Å². The van der Waals surface area contributed by atoms with Crippen molar-refractivity contribution in [1.29, 1.82) is 0 Å². The lowest BCUT2D eigenvalue weighted by atomic mass is 9.95. The van der Waals surface area contributed by atoms with Crippen LogP contribution in [0.25, 0.3) is 22.4 Å². The number of nitrogens with zero attached hydrogens (tertiary/aromatic N) is 6. The molecule has 3 N–H and O–H groups in total. The van der Waals surface area contributed by atoms with E-state index in [1.165, 1.54) is 19.3 Å². The van der Waals surface area contributed by atoms with Crippen molar-refractivity contribution >= 4 is 34.2 Å². The van der Waals surface area contributed by atoms with Crippen molar-refractivity contribution in [2.24, 2.45) is 0 Å². The van der Waals surface area contributed by atoms with Crippen LogP contribution >= 0.6 is 0 Å². The molecule has 0 atom stereocenters. The molecule has 1 saturated carbocycles. The van der Waals surface area contributed by atoms with Crippen LogP contribution in [0.3, 0.4) is 0 Å². The average Bonchev–Trinajstić information content (AvgIpc) is 3.62. The topological polar surface area (TPSA) is 118 Å². The summed E-state index contributed by atoms with van der Waals surface area (Å²) < 4.78 is 13.3. The molecule has 2 aliphatic rings. The fourth-order valence-electron chi connectivity index (χ4n) is 5.38. The average molecular weight is 532 g/mol. The lowest BCUT2D eigenvalue weighted by Gasteiger charge is -2.29. The Kier molecular flexibility index (Phi) is 7.23. The van der Waals surface area contributed by atoms with Crippen LogP contribution in [0.1, 0.15) is 52.0 Å². The summed E-state index contributed by atoms with van der Waals surface area (Å²) in [7, 11) is 1.68. The number of methoxy groups -OCH3 is 1. The monoisotopic (exact) mass is 531 g/mol. The molecule has 1 aliphatic carbocycles. The molecule has 11 nitrogen and oxygen atoms in total. The number of hydrogen-bond donors (Lipinski definition) is 3. The third-order valence-corrected chi connectivity index (χ3v) is 7.61. The summed E-state index contributed by atoms with van der Waals surface area (Å²) >= 11 is 0. The molecule has 0 spiro atoms. The van der Waals surface area contributed by atoms with Gasteiger partial charge in [-0.05, 0) is 38.8 Å². The van der Waals surface area contributed by atoms with Gasteiger partial charge in [-0.3, -0.25) is 5.10 Å². The fraction of sp³-hybridized carbons (Fsp3) is 0.500. The van der Waals surface area contributed by atoms with Crippen LogP contribution in [0, 0.1) is 0 Å². The summed E-state index contributed by atoms with van der Waals surface area (Å²) in [6.45, 7) is 7.46. The number of ether oxygens (including phenoxy) is 2. The van der Waals surface area contributed by atoms with Crippen LogP contribution in [0.4, 0.5) is 23.1 Å². The summed E-state index contributed by atoms with van der Waals surface area (Å²) in [5.74, 6) is 1.97. The van der Waals surface area contributed by atoms with Crippen molar-refractivity contribution in [2.45, 2.75) is 58.0 Å². The minimum Gasteiger partial charge on any atom is -0.494 e. The number of imidazole rings is 1. The molecule has 0 radical (unpaired) electrons. The first-order valence-corrected chi connectivity index (χ1v) is 13.9. The van der Waals surface area contributed by atoms with Gasteiger partial charge in [0.1, 0.15) is 23.0 Å². The number of benzene rings is 1. The quantitative estimate of drug-likeness (QED) is 0.284. The number of aromatic amines is 1. The van der Waals surface area contributed by atoms with Gasteiger partial charge in [-0.2, -0.15) is 15.1 Å². The van der Waals surface area contributed by atoms with E-state index in [1.807, 2.05) is 24.7 Å². The van der Waals surface area contributed by atoms with Gasteiger partial charge in [0.15, 0.2) is 5.65 Å². The second-order valence-electron chi connectivity index (χ2n) is 10.6. The standard InChI is InChI=1S/C28H37N9O2/c1-18(2)37-16-22(29-17-37)25-24-26(30-19-7-5-4-6-8-19)32-28(33-27(24)35-34-25)31-21-10-9-20(15-23(21)38-3)36-11-13-39-14-12-36/h9-10,15-19H,4-8,11-14H2,1-3H3,(H3,30,31,32,33,34,35). The van der Waals surface area contributed by atoms with Gasteiger partial charge in [-0.25, -0.2) is 4.98 Å². The van der Waals surface area contributed by atoms with Crippen molar-refractivity contribution in [2.75, 3.05) is 48.9 Å². The molecule has 0 unspecified atom stereocenters. The highest BCUT2D eigenvalue weighted by Gasteiger charge is 2.22. The van der Waals surface area contributed by atoms with E-state index < -0.39 is 0 Å². The van der Waals surface area contributed by atoms with E-state index in [4.69, 9.17) is 19.4 Å². The number of fused-ring (bicyclic) bond motifs is 1. The van der Waals surface area contributed by atoms with E-state index in [-0.39, 0.29) is 0 Å². The highest BCUT2D eigenvalue weighted by atomic mass is 16.5. The number of rotatable bonds is 8. The van der Waals surface area contributed by atoms with E-state index >= 15 is 0 Å². The zero-order valence-corrected chi connectivity index (χ0v) is 22.9. The van der Waals surface area contributed by atoms with Gasteiger partial charge in [-0.1, -0.05) is 19.3 Å². The summed E-state index contributed by atoms with van der Waals surface area (Å²) in [5, 5.41) is 15.7. The largest absolute Gasteiger partial charge is 0.494 e. The zero-order chi connectivity index (χ0) is 26.8. The lowest BCUT2D eigenvalue weighted by Crippen LogP contribution is -2.36. The first kappa shape index (κ1) is 25.4. The molecule has 206 valence electrons. The van der Waals surface area contributed by atoms with Crippen molar-refractivity contribution < 1.29 is 9.47 Å². The normalized spacial score (nSPS) is 16.7. The predicted octanol–water partition coefficient (Wildman–Crippen LogP) is 5.13. The van der Waals surface area contributed by atoms with Crippen LogP contribution in [0.2, 0.25) is 0 Å². The van der Waals surface area contributed by atoms with Crippen LogP contribution in [0.15, 0.2) is 30.7 Å². The Morgan fingerprint density at radius 1 is 1.10 bits per heavy atom. The second-order valence-corrected chi connectivity index (χ2v) is 10.6. The molecule has 0 amide bonds. The third kappa shape index (κ3) is 5.36. The van der Waals surface area contributed by atoms with Crippen LogP contribution in [0.5, 0.6) is 5.75 Å². The van der Waals surface area contributed by atoms with Crippen LogP contribution in [-0.4, -0.2) is 69.2 Å². The Morgan fingerprint density at radius 2 is 1.92 bits per heavy atom. The SMILES string of the molecule is COc1cc(N2CCOCC2)ccc1Nc1nc(NC2CCCCC2)c2c(-c3cn(C(C)C)cn3)n[nH]c2n1. The number of H-pyrrole nitrogens is 1. The molecular formula is C28H37N9O2. The maximum Gasteiger partial charge on any atom is 0.231 e. The van der Waals surface area contributed by atoms with Crippen molar-refractivity contribution in [3.8, 4) is 17.1 Å². The van der Waals surface area contributed by atoms with E-state index in [2.05, 4.69) is 55.2 Å². The number of hydrogen-bond acceptors (Lipinski definition) is 9. The van der Waals surface area contributed by atoms with E-state index in [0.717, 1.165) is 78.9 Å². The van der Waals surface area contributed by atoms with Gasteiger partial charge in [0, 0.05) is 43.1 Å². The summed E-state index contributed by atoms with van der Waals surface area (Å²) in [6.07, 6.45) is 9.85. The highest BCUT2D eigenvalue weighted by Crippen LogP contribution is 2.35. The Balaban J connectivity index is 1.35. The molecule has 1 aliphatic heterocycles. The zero-order valence-electron chi connectivity index (χ0n) is 22.9. The molecule has 3 aromatic heterocycles. The molecule has 1 aromatic carbocycles. The van der Waals surface area contributed by atoms with Gasteiger partial charge >= 0.3 is 0 Å². The Morgan fingerprint density at radius 3 is 2.67 bits per heavy atom. The molecule has 1 saturated heterocycles. The summed E-state index contributed by atoms with van der Waals surface area (Å²) in [5.41, 5.74) is 4.11. The van der Waals surface area contributed by atoms with Crippen LogP contribution < -0.4 is 20.3 Å². The number of morpholine rings is 1. The number of aromatic nitrogens is 6. The molecule has 0 bridgehead atoms. The Hall–Kier alpha value is -3.86. The van der Waals surface area contributed by atoms with Crippen LogP contribution in [-0.2, 0) is 4.74 Å². The third-order valence-electron chi connectivity index (χ3n) is 7.61. The molecule has 4 aromatic rings. The minimum absolute atomic E-state index is 0.313. The Bertz CT molecular complexity index is 1420. The van der Waals surface area contributed by atoms with E-state index in [0.29, 0.717) is 23.7 Å². The smallest absolute Gasteiger partial charge is 0.231 e. The summed E-state index contributed by atoms with van der Waals surface area (Å²) in [4.78, 5) is 16.7. The fourth-order valence-corrected chi connectivity index (χ4v) is 5.38. The highest BCUT2D eigenvalue weighted by molar-refractivity contribution is 5.99. The second kappa shape index (κ2) is 11.1. The van der Waals surface area contributed by atoms with Gasteiger partial charge in [0.05, 0.1) is 37.7 Å². The maximum atomic E-state index is 5.75. The molecule has 6 rings (SSSR count). The predicted molar refractivity (Wildman–Crippen MR) is 153 cm³/mol. The van der Waals surface area contributed by atoms with Gasteiger partial charge in [0.2, 0.25) is 5.95 Å².